The van der Waals surface area contributed by atoms with Crippen LogP contribution in [0.25, 0.3) is 0 Å². The van der Waals surface area contributed by atoms with Crippen molar-refractivity contribution in [2.75, 3.05) is 13.1 Å². The van der Waals surface area contributed by atoms with Gasteiger partial charge in [0, 0.05) is 19.5 Å². The number of carbonyl (C=O) groups excluding carboxylic acids is 2. The van der Waals surface area contributed by atoms with E-state index in [1.807, 2.05) is 56.0 Å². The molecule has 0 saturated carbocycles. The van der Waals surface area contributed by atoms with E-state index in [2.05, 4.69) is 15.6 Å². The van der Waals surface area contributed by atoms with Gasteiger partial charge in [-0.1, -0.05) is 35.5 Å². The first-order valence-corrected chi connectivity index (χ1v) is 9.41. The first-order valence-electron chi connectivity index (χ1n) is 9.41. The number of rotatable bonds is 5. The van der Waals surface area contributed by atoms with E-state index in [1.165, 1.54) is 0 Å². The van der Waals surface area contributed by atoms with Crippen molar-refractivity contribution in [3.05, 3.63) is 47.8 Å². The van der Waals surface area contributed by atoms with Crippen LogP contribution in [-0.2, 0) is 16.8 Å². The monoisotopic (exact) mass is 369 g/mol. The highest BCUT2D eigenvalue weighted by molar-refractivity contribution is 5.96. The number of carbonyl (C=O) groups is 2. The Hall–Kier alpha value is -2.70. The van der Waals surface area contributed by atoms with Crippen LogP contribution in [0.3, 0.4) is 0 Å². The molecule has 1 unspecified atom stereocenters. The molecule has 1 aromatic carbocycles. The molecule has 7 heteroatoms. The van der Waals surface area contributed by atoms with Crippen molar-refractivity contribution in [2.45, 2.75) is 51.6 Å². The molecular formula is C20H27N5O2. The van der Waals surface area contributed by atoms with Gasteiger partial charge in [-0.05, 0) is 39.2 Å². The maximum Gasteiger partial charge on any atom is 0.274 e. The molecule has 1 saturated heterocycles. The largest absolute Gasteiger partial charge is 0.341 e. The summed E-state index contributed by atoms with van der Waals surface area (Å²) in [6.07, 6.45) is 4.10. The molecule has 1 fully saturated rings. The molecule has 0 bridgehead atoms. The van der Waals surface area contributed by atoms with Crippen LogP contribution in [0.4, 0.5) is 0 Å². The summed E-state index contributed by atoms with van der Waals surface area (Å²) in [7, 11) is 0. The molecular weight excluding hydrogens is 342 g/mol. The topological polar surface area (TPSA) is 80.1 Å². The average Bonchev–Trinajstić information content (AvgIpc) is 3.32. The quantitative estimate of drug-likeness (QED) is 0.874. The van der Waals surface area contributed by atoms with Crippen LogP contribution in [0.1, 0.15) is 49.7 Å². The Morgan fingerprint density at radius 1 is 1.15 bits per heavy atom. The van der Waals surface area contributed by atoms with Crippen molar-refractivity contribution in [2.24, 2.45) is 0 Å². The maximum atomic E-state index is 13.0. The van der Waals surface area contributed by atoms with E-state index in [-0.39, 0.29) is 23.0 Å². The van der Waals surface area contributed by atoms with Crippen LogP contribution in [0.5, 0.6) is 0 Å². The van der Waals surface area contributed by atoms with Crippen molar-refractivity contribution in [3.8, 4) is 0 Å². The minimum absolute atomic E-state index is 0.0343. The summed E-state index contributed by atoms with van der Waals surface area (Å²) in [5, 5.41) is 10.9. The lowest BCUT2D eigenvalue weighted by Crippen LogP contribution is -2.49. The van der Waals surface area contributed by atoms with Gasteiger partial charge in [0.05, 0.1) is 11.7 Å². The van der Waals surface area contributed by atoms with Gasteiger partial charge in [-0.15, -0.1) is 5.10 Å². The molecule has 2 aromatic rings. The van der Waals surface area contributed by atoms with E-state index in [0.29, 0.717) is 6.42 Å². The van der Waals surface area contributed by atoms with Crippen LogP contribution >= 0.6 is 0 Å². The molecule has 0 spiro atoms. The highest BCUT2D eigenvalue weighted by atomic mass is 16.2. The van der Waals surface area contributed by atoms with E-state index in [1.54, 1.807) is 10.9 Å². The third-order valence-corrected chi connectivity index (χ3v) is 4.72. The molecule has 2 amide bonds. The number of nitrogens with one attached hydrogen (secondary N) is 1. The molecule has 1 atom stereocenters. The van der Waals surface area contributed by atoms with Crippen molar-refractivity contribution in [3.63, 3.8) is 0 Å². The molecule has 0 aliphatic carbocycles. The maximum absolute atomic E-state index is 13.0. The lowest BCUT2D eigenvalue weighted by Gasteiger charge is -2.24. The zero-order chi connectivity index (χ0) is 19.4. The van der Waals surface area contributed by atoms with E-state index >= 15 is 0 Å². The Bertz CT molecular complexity index is 788. The zero-order valence-corrected chi connectivity index (χ0v) is 16.2. The van der Waals surface area contributed by atoms with Gasteiger partial charge in [0.1, 0.15) is 6.04 Å². The summed E-state index contributed by atoms with van der Waals surface area (Å²) in [6, 6.07) is 9.12. The second-order valence-corrected chi connectivity index (χ2v) is 7.97. The Balaban J connectivity index is 1.76. The fourth-order valence-electron chi connectivity index (χ4n) is 3.14. The van der Waals surface area contributed by atoms with Gasteiger partial charge in [0.15, 0.2) is 5.69 Å². The number of aromatic nitrogens is 3. The summed E-state index contributed by atoms with van der Waals surface area (Å²) >= 11 is 0. The Morgan fingerprint density at radius 2 is 1.81 bits per heavy atom. The third-order valence-electron chi connectivity index (χ3n) is 4.72. The first-order chi connectivity index (χ1) is 12.8. The van der Waals surface area contributed by atoms with E-state index in [0.717, 1.165) is 31.5 Å². The number of amides is 2. The lowest BCUT2D eigenvalue weighted by molar-refractivity contribution is -0.132. The number of likely N-dealkylation sites (tertiary alicyclic amines) is 1. The molecule has 144 valence electrons. The van der Waals surface area contributed by atoms with Crippen molar-refractivity contribution in [1.82, 2.24) is 25.2 Å². The standard InChI is InChI=1S/C20H27N5O2/c1-20(2,3)25-14-17(22-23-25)18(26)21-16(13-15-9-5-4-6-10-15)19(27)24-11-7-8-12-24/h4-6,9-10,14,16H,7-8,11-13H2,1-3H3,(H,21,26). The molecule has 0 radical (unpaired) electrons. The molecule has 1 aliphatic heterocycles. The minimum Gasteiger partial charge on any atom is -0.341 e. The van der Waals surface area contributed by atoms with Gasteiger partial charge in [0.25, 0.3) is 5.91 Å². The smallest absolute Gasteiger partial charge is 0.274 e. The van der Waals surface area contributed by atoms with Gasteiger partial charge >= 0.3 is 0 Å². The molecule has 27 heavy (non-hydrogen) atoms. The summed E-state index contributed by atoms with van der Waals surface area (Å²) in [6.45, 7) is 7.45. The molecule has 2 heterocycles. The van der Waals surface area contributed by atoms with Gasteiger partial charge in [-0.3, -0.25) is 9.59 Å². The predicted molar refractivity (Wildman–Crippen MR) is 102 cm³/mol. The summed E-state index contributed by atoms with van der Waals surface area (Å²) < 4.78 is 1.65. The summed E-state index contributed by atoms with van der Waals surface area (Å²) in [5.74, 6) is -0.410. The number of nitrogens with zero attached hydrogens (tertiary/aromatic N) is 4. The SMILES string of the molecule is CC(C)(C)n1cc(C(=O)NC(Cc2ccccc2)C(=O)N2CCCC2)nn1. The van der Waals surface area contributed by atoms with Crippen LogP contribution in [0.15, 0.2) is 36.5 Å². The number of hydrogen-bond donors (Lipinski definition) is 1. The highest BCUT2D eigenvalue weighted by Gasteiger charge is 2.29. The number of hydrogen-bond acceptors (Lipinski definition) is 4. The van der Waals surface area contributed by atoms with Crippen LogP contribution in [0, 0.1) is 0 Å². The number of benzene rings is 1. The molecule has 1 aromatic heterocycles. The van der Waals surface area contributed by atoms with Crippen molar-refractivity contribution >= 4 is 11.8 Å². The second-order valence-electron chi connectivity index (χ2n) is 7.97. The fraction of sp³-hybridized carbons (Fsp3) is 0.500. The van der Waals surface area contributed by atoms with Crippen LogP contribution < -0.4 is 5.32 Å². The summed E-state index contributed by atoms with van der Waals surface area (Å²) in [5.41, 5.74) is 0.964. The van der Waals surface area contributed by atoms with Crippen molar-refractivity contribution in [1.29, 1.82) is 0 Å². The third kappa shape index (κ3) is 4.72. The first kappa shape index (κ1) is 19.1. The lowest BCUT2D eigenvalue weighted by atomic mass is 10.0. The fourth-order valence-corrected chi connectivity index (χ4v) is 3.14. The summed E-state index contributed by atoms with van der Waals surface area (Å²) in [4.78, 5) is 27.5. The minimum atomic E-state index is -0.613. The van der Waals surface area contributed by atoms with Gasteiger partial charge in [-0.25, -0.2) is 4.68 Å². The van der Waals surface area contributed by atoms with E-state index in [4.69, 9.17) is 0 Å². The molecule has 7 nitrogen and oxygen atoms in total. The Labute approximate surface area is 159 Å². The van der Waals surface area contributed by atoms with Gasteiger partial charge in [0.2, 0.25) is 5.91 Å². The average molecular weight is 369 g/mol. The highest BCUT2D eigenvalue weighted by Crippen LogP contribution is 2.14. The zero-order valence-electron chi connectivity index (χ0n) is 16.2. The normalized spacial score (nSPS) is 15.6. The Morgan fingerprint density at radius 3 is 2.41 bits per heavy atom. The second kappa shape index (κ2) is 7.90. The Kier molecular flexibility index (Phi) is 5.58. The molecule has 3 rings (SSSR count). The van der Waals surface area contributed by atoms with Crippen molar-refractivity contribution < 1.29 is 9.59 Å². The molecule has 1 N–H and O–H groups in total. The molecule has 1 aliphatic rings. The van der Waals surface area contributed by atoms with Crippen LogP contribution in [-0.4, -0.2) is 50.8 Å². The van der Waals surface area contributed by atoms with Gasteiger partial charge in [-0.2, -0.15) is 0 Å². The van der Waals surface area contributed by atoms with Crippen LogP contribution in [0.2, 0.25) is 0 Å². The van der Waals surface area contributed by atoms with E-state index < -0.39 is 6.04 Å². The van der Waals surface area contributed by atoms with E-state index in [9.17, 15) is 9.59 Å². The van der Waals surface area contributed by atoms with Gasteiger partial charge < -0.3 is 10.2 Å². The predicted octanol–water partition coefficient (Wildman–Crippen LogP) is 2.00.